The Morgan fingerprint density at radius 3 is 0.889 bits per heavy atom. The molecule has 0 saturated carbocycles. The molecule has 0 bridgehead atoms. The van der Waals surface area contributed by atoms with Crippen LogP contribution in [-0.4, -0.2) is 40.0 Å². The van der Waals surface area contributed by atoms with Crippen LogP contribution in [0.4, 0.5) is 0 Å². The highest BCUT2D eigenvalue weighted by Gasteiger charge is 2.34. The Balaban J connectivity index is 3.75. The third-order valence-electron chi connectivity index (χ3n) is 0.490. The molecule has 56 valence electrons. The molecule has 0 spiro atoms. The van der Waals surface area contributed by atoms with Crippen molar-refractivity contribution in [2.24, 2.45) is 0 Å². The Hall–Kier alpha value is 0.820. The molecule has 0 heterocycles. The normalized spacial score (nSPS) is 14.0. The van der Waals surface area contributed by atoms with Crippen molar-refractivity contribution in [2.75, 3.05) is 40.0 Å². The first-order chi connectivity index (χ1) is 3.71. The highest BCUT2D eigenvalue weighted by Crippen LogP contribution is 2.65. The van der Waals surface area contributed by atoms with Crippen LogP contribution in [0.3, 0.4) is 0 Å². The van der Waals surface area contributed by atoms with E-state index in [0.29, 0.717) is 0 Å². The van der Waals surface area contributed by atoms with Crippen molar-refractivity contribution in [3.63, 3.8) is 0 Å². The van der Waals surface area contributed by atoms with Gasteiger partial charge in [0.05, 0.1) is 40.0 Å². The highest BCUT2D eigenvalue weighted by molar-refractivity contribution is 7.81. The minimum absolute atomic E-state index is 0.988. The summed E-state index contributed by atoms with van der Waals surface area (Å²) in [6.07, 6.45) is 0. The van der Waals surface area contributed by atoms with Gasteiger partial charge in [0.15, 0.2) is 15.0 Å². The SMILES string of the molecule is C[P+](C)(C)O[P+](C)(C)C. The fourth-order valence-electron chi connectivity index (χ4n) is 0.735. The van der Waals surface area contributed by atoms with E-state index in [9.17, 15) is 0 Å². The van der Waals surface area contributed by atoms with E-state index in [-0.39, 0.29) is 0 Å². The molecule has 0 N–H and O–H groups in total. The largest absolute Gasteiger partial charge is 0.184 e. The maximum atomic E-state index is 5.85. The average molecular weight is 168 g/mol. The summed E-state index contributed by atoms with van der Waals surface area (Å²) >= 11 is 0. The summed E-state index contributed by atoms with van der Waals surface area (Å²) in [5.41, 5.74) is 0. The quantitative estimate of drug-likeness (QED) is 0.576. The van der Waals surface area contributed by atoms with Crippen molar-refractivity contribution in [1.82, 2.24) is 0 Å². The topological polar surface area (TPSA) is 9.23 Å². The summed E-state index contributed by atoms with van der Waals surface area (Å²) in [5, 5.41) is 0. The van der Waals surface area contributed by atoms with Crippen LogP contribution in [0.25, 0.3) is 0 Å². The zero-order valence-electron chi connectivity index (χ0n) is 7.30. The third-order valence-corrected chi connectivity index (χ3v) is 4.41. The summed E-state index contributed by atoms with van der Waals surface area (Å²) in [5.74, 6) is 0. The Morgan fingerprint density at radius 1 is 0.667 bits per heavy atom. The second-order valence-corrected chi connectivity index (χ2v) is 12.1. The van der Waals surface area contributed by atoms with Gasteiger partial charge in [0.1, 0.15) is 0 Å². The lowest BCUT2D eigenvalue weighted by Gasteiger charge is -2.14. The van der Waals surface area contributed by atoms with Gasteiger partial charge in [-0.25, -0.2) is 0 Å². The fourth-order valence-corrected chi connectivity index (χ4v) is 6.61. The molecule has 0 atom stereocenters. The molecule has 0 radical (unpaired) electrons. The minimum atomic E-state index is -0.988. The molecular weight excluding hydrogens is 150 g/mol. The molecule has 0 aliphatic rings. The van der Waals surface area contributed by atoms with Gasteiger partial charge in [-0.15, -0.1) is 4.31 Å². The van der Waals surface area contributed by atoms with Crippen LogP contribution in [-0.2, 0) is 4.31 Å². The zero-order valence-corrected chi connectivity index (χ0v) is 9.09. The van der Waals surface area contributed by atoms with Crippen LogP contribution < -0.4 is 0 Å². The van der Waals surface area contributed by atoms with E-state index < -0.39 is 15.0 Å². The van der Waals surface area contributed by atoms with E-state index in [2.05, 4.69) is 40.0 Å². The Kier molecular flexibility index (Phi) is 3.08. The van der Waals surface area contributed by atoms with E-state index in [1.807, 2.05) is 0 Å². The molecule has 0 saturated heterocycles. The summed E-state index contributed by atoms with van der Waals surface area (Å²) in [6.45, 7) is 13.2. The number of hydrogen-bond acceptors (Lipinski definition) is 1. The van der Waals surface area contributed by atoms with Crippen LogP contribution in [0.5, 0.6) is 0 Å². The second-order valence-electron chi connectivity index (χ2n) is 3.86. The van der Waals surface area contributed by atoms with Gasteiger partial charge in [0.2, 0.25) is 0 Å². The molecule has 0 aromatic carbocycles. The molecule has 1 nitrogen and oxygen atoms in total. The van der Waals surface area contributed by atoms with Gasteiger partial charge in [-0.05, 0) is 0 Å². The first-order valence-corrected chi connectivity index (χ1v) is 9.15. The van der Waals surface area contributed by atoms with Gasteiger partial charge in [-0.1, -0.05) is 0 Å². The zero-order chi connectivity index (χ0) is 7.71. The van der Waals surface area contributed by atoms with Gasteiger partial charge in [-0.3, -0.25) is 0 Å². The predicted molar refractivity (Wildman–Crippen MR) is 50.5 cm³/mol. The average Bonchev–Trinajstić information content (AvgIpc) is 1.14. The van der Waals surface area contributed by atoms with Crippen molar-refractivity contribution in [3.8, 4) is 0 Å². The monoisotopic (exact) mass is 168 g/mol. The number of hydrogen-bond donors (Lipinski definition) is 0. The van der Waals surface area contributed by atoms with Gasteiger partial charge < -0.3 is 0 Å². The summed E-state index contributed by atoms with van der Waals surface area (Å²) in [6, 6.07) is 0. The van der Waals surface area contributed by atoms with E-state index in [1.54, 1.807) is 0 Å². The molecular formula is C6H18OP2+2. The first kappa shape index (κ1) is 9.82. The molecule has 0 unspecified atom stereocenters. The molecule has 3 heteroatoms. The lowest BCUT2D eigenvalue weighted by atomic mass is 11.9. The second kappa shape index (κ2) is 2.82. The maximum absolute atomic E-state index is 5.85. The molecule has 0 aliphatic heterocycles. The van der Waals surface area contributed by atoms with Crippen LogP contribution in [0.15, 0.2) is 0 Å². The Morgan fingerprint density at radius 2 is 0.889 bits per heavy atom. The van der Waals surface area contributed by atoms with Gasteiger partial charge in [0, 0.05) is 0 Å². The van der Waals surface area contributed by atoms with Crippen molar-refractivity contribution in [2.45, 2.75) is 0 Å². The Labute approximate surface area is 60.0 Å². The van der Waals surface area contributed by atoms with Gasteiger partial charge in [0.25, 0.3) is 0 Å². The standard InChI is InChI=1S/C6H18OP2/c1-8(2,3)7-9(4,5)6/h1-6H3/q+2. The van der Waals surface area contributed by atoms with Gasteiger partial charge in [-0.2, -0.15) is 0 Å². The van der Waals surface area contributed by atoms with Crippen molar-refractivity contribution >= 4 is 15.0 Å². The third kappa shape index (κ3) is 8.82. The molecule has 0 aromatic rings. The molecule has 0 fully saturated rings. The van der Waals surface area contributed by atoms with E-state index >= 15 is 0 Å². The van der Waals surface area contributed by atoms with E-state index in [0.717, 1.165) is 0 Å². The Bertz CT molecular complexity index is 76.2. The lowest BCUT2D eigenvalue weighted by molar-refractivity contribution is 0.670. The lowest BCUT2D eigenvalue weighted by Crippen LogP contribution is -1.94. The van der Waals surface area contributed by atoms with Crippen LogP contribution in [0.2, 0.25) is 0 Å². The number of rotatable bonds is 2. The maximum Gasteiger partial charge on any atom is 0.184 e. The highest BCUT2D eigenvalue weighted by atomic mass is 31.3. The molecule has 0 aliphatic carbocycles. The molecule has 9 heavy (non-hydrogen) atoms. The van der Waals surface area contributed by atoms with E-state index in [1.165, 1.54) is 0 Å². The first-order valence-electron chi connectivity index (χ1n) is 3.05. The van der Waals surface area contributed by atoms with Crippen molar-refractivity contribution in [3.05, 3.63) is 0 Å². The fraction of sp³-hybridized carbons (Fsp3) is 1.00. The predicted octanol–water partition coefficient (Wildman–Crippen LogP) is 2.65. The minimum Gasteiger partial charge on any atom is -0.106 e. The summed E-state index contributed by atoms with van der Waals surface area (Å²) < 4.78 is 5.85. The van der Waals surface area contributed by atoms with Crippen LogP contribution in [0.1, 0.15) is 0 Å². The van der Waals surface area contributed by atoms with Gasteiger partial charge >= 0.3 is 0 Å². The smallest absolute Gasteiger partial charge is 0.106 e. The summed E-state index contributed by atoms with van der Waals surface area (Å²) in [4.78, 5) is 0. The molecule has 0 amide bonds. The summed E-state index contributed by atoms with van der Waals surface area (Å²) in [7, 11) is -1.98. The van der Waals surface area contributed by atoms with E-state index in [4.69, 9.17) is 4.31 Å². The van der Waals surface area contributed by atoms with Crippen molar-refractivity contribution in [1.29, 1.82) is 0 Å². The molecule has 0 rings (SSSR count). The van der Waals surface area contributed by atoms with Crippen molar-refractivity contribution < 1.29 is 4.31 Å². The van der Waals surface area contributed by atoms with Crippen LogP contribution in [0, 0.1) is 0 Å². The molecule has 0 aromatic heterocycles. The van der Waals surface area contributed by atoms with Crippen LogP contribution >= 0.6 is 15.0 Å².